The number of hydrogen-bond donors (Lipinski definition) is 1. The summed E-state index contributed by atoms with van der Waals surface area (Å²) < 4.78 is 18.4. The average molecular weight is 294 g/mol. The second kappa shape index (κ2) is 6.89. The average Bonchev–Trinajstić information content (AvgIpc) is 2.48. The minimum absolute atomic E-state index is 0.119. The van der Waals surface area contributed by atoms with Crippen molar-refractivity contribution in [2.45, 2.75) is 38.8 Å². The van der Waals surface area contributed by atoms with Crippen molar-refractivity contribution in [2.75, 3.05) is 20.2 Å². The van der Waals surface area contributed by atoms with E-state index in [1.165, 1.54) is 13.2 Å². The van der Waals surface area contributed by atoms with Gasteiger partial charge in [-0.1, -0.05) is 6.07 Å². The second-order valence-corrected chi connectivity index (χ2v) is 5.56. The predicted octanol–water partition coefficient (Wildman–Crippen LogP) is 2.50. The van der Waals surface area contributed by atoms with Gasteiger partial charge in [-0.05, 0) is 37.5 Å². The van der Waals surface area contributed by atoms with Crippen molar-refractivity contribution in [3.05, 3.63) is 29.6 Å². The number of halogens is 1. The van der Waals surface area contributed by atoms with Gasteiger partial charge in [-0.3, -0.25) is 4.79 Å². The summed E-state index contributed by atoms with van der Waals surface area (Å²) in [6, 6.07) is 5.45. The number of piperidine rings is 1. The molecule has 5 heteroatoms. The fourth-order valence-corrected chi connectivity index (χ4v) is 2.76. The first-order valence-electron chi connectivity index (χ1n) is 7.36. The molecule has 0 bridgehead atoms. The van der Waals surface area contributed by atoms with Crippen LogP contribution in [0, 0.1) is 5.82 Å². The Bertz CT molecular complexity index is 499. The first kappa shape index (κ1) is 15.8. The molecule has 1 aromatic rings. The number of ether oxygens (including phenoxy) is 1. The van der Waals surface area contributed by atoms with Crippen molar-refractivity contribution in [3.63, 3.8) is 0 Å². The summed E-state index contributed by atoms with van der Waals surface area (Å²) >= 11 is 0. The van der Waals surface area contributed by atoms with Crippen molar-refractivity contribution < 1.29 is 13.9 Å². The summed E-state index contributed by atoms with van der Waals surface area (Å²) in [6.07, 6.45) is 1.89. The number of amides is 1. The number of likely N-dealkylation sites (tertiary alicyclic amines) is 1. The van der Waals surface area contributed by atoms with Crippen LogP contribution in [0.2, 0.25) is 0 Å². The van der Waals surface area contributed by atoms with E-state index in [2.05, 4.69) is 12.2 Å². The molecule has 1 fully saturated rings. The number of nitrogens with one attached hydrogen (secondary N) is 1. The molecular formula is C16H23FN2O2. The molecule has 0 aromatic heterocycles. The van der Waals surface area contributed by atoms with E-state index in [1.807, 2.05) is 4.90 Å². The van der Waals surface area contributed by atoms with Crippen LogP contribution >= 0.6 is 0 Å². The van der Waals surface area contributed by atoms with Gasteiger partial charge in [0.2, 0.25) is 5.91 Å². The lowest BCUT2D eigenvalue weighted by molar-refractivity contribution is -0.129. The van der Waals surface area contributed by atoms with Crippen LogP contribution in [0.4, 0.5) is 4.39 Å². The molecule has 4 nitrogen and oxygen atoms in total. The van der Waals surface area contributed by atoms with Gasteiger partial charge in [0, 0.05) is 32.1 Å². The van der Waals surface area contributed by atoms with E-state index in [1.54, 1.807) is 19.1 Å². The Hall–Kier alpha value is -1.62. The van der Waals surface area contributed by atoms with Gasteiger partial charge in [0.1, 0.15) is 0 Å². The van der Waals surface area contributed by atoms with E-state index < -0.39 is 0 Å². The molecule has 0 radical (unpaired) electrons. The lowest BCUT2D eigenvalue weighted by Crippen LogP contribution is -2.44. The number of nitrogens with zero attached hydrogens (tertiary/aromatic N) is 1. The van der Waals surface area contributed by atoms with Crippen molar-refractivity contribution >= 4 is 5.91 Å². The Morgan fingerprint density at radius 2 is 2.10 bits per heavy atom. The van der Waals surface area contributed by atoms with Crippen molar-refractivity contribution in [2.24, 2.45) is 0 Å². The molecule has 21 heavy (non-hydrogen) atoms. The predicted molar refractivity (Wildman–Crippen MR) is 79.8 cm³/mol. The van der Waals surface area contributed by atoms with Gasteiger partial charge in [0.25, 0.3) is 0 Å². The van der Waals surface area contributed by atoms with Crippen molar-refractivity contribution in [1.29, 1.82) is 0 Å². The largest absolute Gasteiger partial charge is 0.494 e. The Balaban J connectivity index is 1.93. The highest BCUT2D eigenvalue weighted by molar-refractivity contribution is 5.73. The molecule has 1 aliphatic rings. The summed E-state index contributed by atoms with van der Waals surface area (Å²) in [5.41, 5.74) is 1.00. The number of benzene rings is 1. The SMILES string of the molecule is COc1cc(C(C)NC2CCN(C(C)=O)CC2)ccc1F. The maximum Gasteiger partial charge on any atom is 0.219 e. The molecule has 116 valence electrons. The molecule has 1 N–H and O–H groups in total. The minimum Gasteiger partial charge on any atom is -0.494 e. The highest BCUT2D eigenvalue weighted by Gasteiger charge is 2.22. The van der Waals surface area contributed by atoms with E-state index in [4.69, 9.17) is 4.74 Å². The summed E-state index contributed by atoms with van der Waals surface area (Å²) in [4.78, 5) is 13.2. The number of methoxy groups -OCH3 is 1. The maximum atomic E-state index is 13.4. The zero-order valence-corrected chi connectivity index (χ0v) is 12.9. The van der Waals surface area contributed by atoms with Gasteiger partial charge in [-0.2, -0.15) is 0 Å². The maximum absolute atomic E-state index is 13.4. The lowest BCUT2D eigenvalue weighted by atomic mass is 10.0. The Kier molecular flexibility index (Phi) is 5.17. The summed E-state index contributed by atoms with van der Waals surface area (Å²) in [6.45, 7) is 5.27. The first-order chi connectivity index (χ1) is 10.0. The Morgan fingerprint density at radius 3 is 2.67 bits per heavy atom. The van der Waals surface area contributed by atoms with E-state index in [9.17, 15) is 9.18 Å². The van der Waals surface area contributed by atoms with Gasteiger partial charge in [0.05, 0.1) is 7.11 Å². The van der Waals surface area contributed by atoms with Crippen molar-refractivity contribution in [3.8, 4) is 5.75 Å². The molecule has 1 unspecified atom stereocenters. The van der Waals surface area contributed by atoms with Gasteiger partial charge < -0.3 is 15.0 Å². The third kappa shape index (κ3) is 3.94. The zero-order chi connectivity index (χ0) is 15.4. The highest BCUT2D eigenvalue weighted by atomic mass is 19.1. The molecule has 1 aromatic carbocycles. The molecule has 0 aliphatic carbocycles. The molecule has 0 spiro atoms. The van der Waals surface area contributed by atoms with Crippen LogP contribution in [0.25, 0.3) is 0 Å². The monoisotopic (exact) mass is 294 g/mol. The normalized spacial score (nSPS) is 17.6. The van der Waals surface area contributed by atoms with E-state index in [-0.39, 0.29) is 23.5 Å². The third-order valence-corrected chi connectivity index (χ3v) is 4.10. The second-order valence-electron chi connectivity index (χ2n) is 5.56. The fourth-order valence-electron chi connectivity index (χ4n) is 2.76. The summed E-state index contributed by atoms with van der Waals surface area (Å²) in [7, 11) is 1.47. The Morgan fingerprint density at radius 1 is 1.43 bits per heavy atom. The molecule has 1 amide bonds. The molecular weight excluding hydrogens is 271 g/mol. The number of carbonyl (C=O) groups is 1. The topological polar surface area (TPSA) is 41.6 Å². The zero-order valence-electron chi connectivity index (χ0n) is 12.9. The molecule has 1 heterocycles. The molecule has 1 aliphatic heterocycles. The van der Waals surface area contributed by atoms with Crippen LogP contribution in [-0.2, 0) is 4.79 Å². The van der Waals surface area contributed by atoms with E-state index in [0.29, 0.717) is 6.04 Å². The standard InChI is InChI=1S/C16H23FN2O2/c1-11(13-4-5-15(17)16(10-13)21-3)18-14-6-8-19(9-7-14)12(2)20/h4-5,10-11,14,18H,6-9H2,1-3H3. The fraction of sp³-hybridized carbons (Fsp3) is 0.562. The molecule has 1 atom stereocenters. The smallest absolute Gasteiger partial charge is 0.219 e. The first-order valence-corrected chi connectivity index (χ1v) is 7.36. The van der Waals surface area contributed by atoms with Gasteiger partial charge in [-0.15, -0.1) is 0 Å². The van der Waals surface area contributed by atoms with E-state index >= 15 is 0 Å². The van der Waals surface area contributed by atoms with Crippen LogP contribution in [0.15, 0.2) is 18.2 Å². The Labute approximate surface area is 125 Å². The number of carbonyl (C=O) groups excluding carboxylic acids is 1. The lowest BCUT2D eigenvalue weighted by Gasteiger charge is -2.33. The van der Waals surface area contributed by atoms with Crippen LogP contribution in [0.3, 0.4) is 0 Å². The number of hydrogen-bond acceptors (Lipinski definition) is 3. The third-order valence-electron chi connectivity index (χ3n) is 4.10. The van der Waals surface area contributed by atoms with Gasteiger partial charge >= 0.3 is 0 Å². The highest BCUT2D eigenvalue weighted by Crippen LogP contribution is 2.23. The van der Waals surface area contributed by atoms with Gasteiger partial charge in [0.15, 0.2) is 11.6 Å². The van der Waals surface area contributed by atoms with E-state index in [0.717, 1.165) is 31.5 Å². The van der Waals surface area contributed by atoms with Gasteiger partial charge in [-0.25, -0.2) is 4.39 Å². The van der Waals surface area contributed by atoms with Crippen molar-refractivity contribution in [1.82, 2.24) is 10.2 Å². The van der Waals surface area contributed by atoms with Crippen LogP contribution in [0.1, 0.15) is 38.3 Å². The number of rotatable bonds is 4. The molecule has 2 rings (SSSR count). The van der Waals surface area contributed by atoms with Crippen LogP contribution in [0.5, 0.6) is 5.75 Å². The summed E-state index contributed by atoms with van der Waals surface area (Å²) in [5.74, 6) is 0.0699. The van der Waals surface area contributed by atoms with Crippen LogP contribution in [-0.4, -0.2) is 37.0 Å². The minimum atomic E-state index is -0.344. The summed E-state index contributed by atoms with van der Waals surface area (Å²) in [5, 5.41) is 3.55. The quantitative estimate of drug-likeness (QED) is 0.927. The molecule has 0 saturated carbocycles. The molecule has 1 saturated heterocycles. The van der Waals surface area contributed by atoms with Crippen LogP contribution < -0.4 is 10.1 Å².